The number of carbonyl (C=O) groups is 1. The van der Waals surface area contributed by atoms with Crippen LogP contribution in [0.25, 0.3) is 11.0 Å². The summed E-state index contributed by atoms with van der Waals surface area (Å²) in [6.07, 6.45) is 4.99. The molecule has 4 rings (SSSR count). The third-order valence-corrected chi connectivity index (χ3v) is 4.70. The predicted molar refractivity (Wildman–Crippen MR) is 98.4 cm³/mol. The van der Waals surface area contributed by atoms with Crippen LogP contribution in [0.2, 0.25) is 0 Å². The van der Waals surface area contributed by atoms with E-state index < -0.39 is 0 Å². The number of hydrogen-bond donors (Lipinski definition) is 1. The van der Waals surface area contributed by atoms with Crippen LogP contribution in [0.1, 0.15) is 23.4 Å². The van der Waals surface area contributed by atoms with Crippen molar-refractivity contribution in [1.29, 1.82) is 0 Å². The van der Waals surface area contributed by atoms with Gasteiger partial charge in [0.1, 0.15) is 5.58 Å². The van der Waals surface area contributed by atoms with Gasteiger partial charge >= 0.3 is 0 Å². The lowest BCUT2D eigenvalue weighted by molar-refractivity contribution is 0.0907. The third-order valence-electron chi connectivity index (χ3n) is 4.70. The highest BCUT2D eigenvalue weighted by molar-refractivity contribution is 5.96. The van der Waals surface area contributed by atoms with E-state index in [-0.39, 0.29) is 17.5 Å². The lowest BCUT2D eigenvalue weighted by Gasteiger charge is -2.33. The molecule has 2 aromatic heterocycles. The molecular formula is C19H20N4O3. The average Bonchev–Trinajstić information content (AvgIpc) is 3.09. The number of benzene rings is 1. The molecule has 1 amide bonds. The number of furan rings is 1. The summed E-state index contributed by atoms with van der Waals surface area (Å²) in [5.41, 5.74) is 0.566. The van der Waals surface area contributed by atoms with Gasteiger partial charge in [-0.05, 0) is 25.0 Å². The van der Waals surface area contributed by atoms with Gasteiger partial charge in [0, 0.05) is 44.0 Å². The number of carbonyl (C=O) groups excluding carboxylic acids is 1. The Morgan fingerprint density at radius 2 is 2.19 bits per heavy atom. The molecule has 0 aliphatic carbocycles. The molecule has 3 heterocycles. The number of hydrogen-bond acceptors (Lipinski definition) is 5. The highest BCUT2D eigenvalue weighted by Gasteiger charge is 2.25. The first-order valence-corrected chi connectivity index (χ1v) is 8.68. The second-order valence-electron chi connectivity index (χ2n) is 6.57. The summed E-state index contributed by atoms with van der Waals surface area (Å²) >= 11 is 0. The molecule has 26 heavy (non-hydrogen) atoms. The summed E-state index contributed by atoms with van der Waals surface area (Å²) in [5.74, 6) is 0.497. The quantitative estimate of drug-likeness (QED) is 0.779. The van der Waals surface area contributed by atoms with E-state index in [2.05, 4.69) is 10.3 Å². The lowest BCUT2D eigenvalue weighted by Crippen LogP contribution is -2.49. The van der Waals surface area contributed by atoms with Crippen LogP contribution in [0.15, 0.2) is 51.9 Å². The molecule has 1 aliphatic heterocycles. The average molecular weight is 352 g/mol. The van der Waals surface area contributed by atoms with Crippen LogP contribution in [0.5, 0.6) is 0 Å². The summed E-state index contributed by atoms with van der Waals surface area (Å²) in [4.78, 5) is 31.0. The van der Waals surface area contributed by atoms with Crippen LogP contribution in [0.4, 0.5) is 5.82 Å². The van der Waals surface area contributed by atoms with Crippen molar-refractivity contribution in [1.82, 2.24) is 14.9 Å². The molecule has 1 aliphatic rings. The Bertz CT molecular complexity index is 974. The first-order valence-electron chi connectivity index (χ1n) is 8.68. The minimum absolute atomic E-state index is 0.0591. The molecule has 0 radical (unpaired) electrons. The first kappa shape index (κ1) is 16.4. The first-order chi connectivity index (χ1) is 12.6. The maximum atomic E-state index is 12.5. The zero-order valence-corrected chi connectivity index (χ0v) is 14.5. The fourth-order valence-electron chi connectivity index (χ4n) is 3.34. The number of piperidine rings is 1. The normalized spacial score (nSPS) is 17.4. The Kier molecular flexibility index (Phi) is 4.20. The Balaban J connectivity index is 1.48. The van der Waals surface area contributed by atoms with Crippen molar-refractivity contribution >= 4 is 22.7 Å². The minimum Gasteiger partial charge on any atom is -0.451 e. The van der Waals surface area contributed by atoms with E-state index in [0.29, 0.717) is 23.7 Å². The fourth-order valence-corrected chi connectivity index (χ4v) is 3.34. The number of rotatable bonds is 3. The molecule has 1 N–H and O–H groups in total. The molecule has 1 unspecified atom stereocenters. The van der Waals surface area contributed by atoms with Gasteiger partial charge in [-0.3, -0.25) is 9.59 Å². The van der Waals surface area contributed by atoms with E-state index in [1.807, 2.05) is 29.2 Å². The Morgan fingerprint density at radius 1 is 1.35 bits per heavy atom. The highest BCUT2D eigenvalue weighted by Crippen LogP contribution is 2.20. The molecule has 134 valence electrons. The zero-order valence-electron chi connectivity index (χ0n) is 14.5. The summed E-state index contributed by atoms with van der Waals surface area (Å²) < 4.78 is 7.14. The molecule has 0 saturated carbocycles. The molecule has 7 nitrogen and oxygen atoms in total. The van der Waals surface area contributed by atoms with Crippen molar-refractivity contribution in [3.63, 3.8) is 0 Å². The summed E-state index contributed by atoms with van der Waals surface area (Å²) in [6.45, 7) is 1.31. The molecule has 1 atom stereocenters. The number of nitrogens with zero attached hydrogens (tertiary/aromatic N) is 3. The lowest BCUT2D eigenvalue weighted by atomic mass is 10.1. The van der Waals surface area contributed by atoms with Crippen molar-refractivity contribution in [3.05, 3.63) is 58.8 Å². The van der Waals surface area contributed by atoms with Crippen LogP contribution >= 0.6 is 0 Å². The van der Waals surface area contributed by atoms with Crippen LogP contribution in [0.3, 0.4) is 0 Å². The number of nitrogens with one attached hydrogen (secondary N) is 1. The number of aromatic nitrogens is 2. The van der Waals surface area contributed by atoms with E-state index >= 15 is 0 Å². The zero-order chi connectivity index (χ0) is 18.1. The van der Waals surface area contributed by atoms with E-state index in [0.717, 1.165) is 24.8 Å². The largest absolute Gasteiger partial charge is 0.451 e. The van der Waals surface area contributed by atoms with Gasteiger partial charge in [-0.25, -0.2) is 4.98 Å². The number of amides is 1. The predicted octanol–water partition coefficient (Wildman–Crippen LogP) is 1.93. The third kappa shape index (κ3) is 3.08. The molecule has 3 aromatic rings. The van der Waals surface area contributed by atoms with Crippen molar-refractivity contribution in [2.75, 3.05) is 18.0 Å². The van der Waals surface area contributed by atoms with Gasteiger partial charge in [-0.15, -0.1) is 0 Å². The topological polar surface area (TPSA) is 80.4 Å². The molecule has 1 saturated heterocycles. The summed E-state index contributed by atoms with van der Waals surface area (Å²) in [7, 11) is 1.71. The van der Waals surface area contributed by atoms with Crippen LogP contribution in [-0.2, 0) is 7.05 Å². The Morgan fingerprint density at radius 3 is 3.04 bits per heavy atom. The van der Waals surface area contributed by atoms with E-state index in [9.17, 15) is 9.59 Å². The molecular weight excluding hydrogens is 332 g/mol. The van der Waals surface area contributed by atoms with Gasteiger partial charge in [-0.1, -0.05) is 18.2 Å². The van der Waals surface area contributed by atoms with Gasteiger partial charge in [0.15, 0.2) is 11.6 Å². The number of fused-ring (bicyclic) bond motifs is 1. The van der Waals surface area contributed by atoms with Gasteiger partial charge in [0.25, 0.3) is 11.5 Å². The Labute approximate surface area is 150 Å². The van der Waals surface area contributed by atoms with Crippen molar-refractivity contribution in [2.45, 2.75) is 18.9 Å². The smallest absolute Gasteiger partial charge is 0.293 e. The fraction of sp³-hybridized carbons (Fsp3) is 0.316. The van der Waals surface area contributed by atoms with Crippen LogP contribution in [-0.4, -0.2) is 34.6 Å². The van der Waals surface area contributed by atoms with Gasteiger partial charge in [-0.2, -0.15) is 0 Å². The maximum Gasteiger partial charge on any atom is 0.293 e. The highest BCUT2D eigenvalue weighted by atomic mass is 16.3. The van der Waals surface area contributed by atoms with Gasteiger partial charge in [0.05, 0.1) is 0 Å². The van der Waals surface area contributed by atoms with Gasteiger partial charge < -0.3 is 19.2 Å². The second kappa shape index (κ2) is 6.67. The summed E-state index contributed by atoms with van der Waals surface area (Å²) in [5, 5.41) is 3.92. The Hall–Kier alpha value is -3.09. The van der Waals surface area contributed by atoms with Crippen LogP contribution < -0.4 is 15.8 Å². The van der Waals surface area contributed by atoms with Gasteiger partial charge in [0.2, 0.25) is 0 Å². The standard InChI is InChI=1S/C19H20N4O3/c1-22-10-8-20-17(19(22)25)23-9-4-6-14(12-23)21-18(24)16-11-13-5-2-3-7-15(13)26-16/h2-3,5,7-8,10-11,14H,4,6,9,12H2,1H3,(H,21,24). The number of aryl methyl sites for hydroxylation is 1. The second-order valence-corrected chi connectivity index (χ2v) is 6.57. The van der Waals surface area contributed by atoms with Crippen LogP contribution in [0, 0.1) is 0 Å². The van der Waals surface area contributed by atoms with E-state index in [4.69, 9.17) is 4.42 Å². The molecule has 1 fully saturated rings. The SMILES string of the molecule is Cn1ccnc(N2CCCC(NC(=O)c3cc4ccccc4o3)C2)c1=O. The van der Waals surface area contributed by atoms with Crippen molar-refractivity contribution in [2.24, 2.45) is 7.05 Å². The minimum atomic E-state index is -0.234. The molecule has 1 aromatic carbocycles. The number of anilines is 1. The molecule has 0 bridgehead atoms. The van der Waals surface area contributed by atoms with E-state index in [1.165, 1.54) is 4.57 Å². The molecule has 0 spiro atoms. The summed E-state index contributed by atoms with van der Waals surface area (Å²) in [6, 6.07) is 9.22. The maximum absolute atomic E-state index is 12.5. The van der Waals surface area contributed by atoms with Crippen molar-refractivity contribution in [3.8, 4) is 0 Å². The monoisotopic (exact) mass is 352 g/mol. The number of para-hydroxylation sites is 1. The molecule has 7 heteroatoms. The van der Waals surface area contributed by atoms with Crippen molar-refractivity contribution < 1.29 is 9.21 Å². The van der Waals surface area contributed by atoms with E-state index in [1.54, 1.807) is 25.5 Å².